The summed E-state index contributed by atoms with van der Waals surface area (Å²) in [6.07, 6.45) is 5.11. The topological polar surface area (TPSA) is 15.3 Å². The molecule has 2 unspecified atom stereocenters. The molecule has 0 aromatic rings. The molecule has 0 bridgehead atoms. The van der Waals surface area contributed by atoms with Gasteiger partial charge in [0.15, 0.2) is 0 Å². The molecule has 0 aliphatic heterocycles. The van der Waals surface area contributed by atoms with E-state index in [1.807, 2.05) is 0 Å². The highest BCUT2D eigenvalue weighted by Crippen LogP contribution is 2.24. The Morgan fingerprint density at radius 3 is 2.16 bits per heavy atom. The van der Waals surface area contributed by atoms with E-state index in [1.165, 1.54) is 38.8 Å². The van der Waals surface area contributed by atoms with Crippen molar-refractivity contribution in [3.8, 4) is 0 Å². The van der Waals surface area contributed by atoms with Crippen LogP contribution in [0.4, 0.5) is 0 Å². The van der Waals surface area contributed by atoms with Crippen LogP contribution in [-0.4, -0.2) is 36.6 Å². The van der Waals surface area contributed by atoms with Gasteiger partial charge in [-0.1, -0.05) is 48.0 Å². The molecular formula is C17H38N2. The van der Waals surface area contributed by atoms with Crippen LogP contribution in [0.25, 0.3) is 0 Å². The highest BCUT2D eigenvalue weighted by molar-refractivity contribution is 4.82. The zero-order chi connectivity index (χ0) is 14.9. The van der Waals surface area contributed by atoms with Crippen molar-refractivity contribution in [1.29, 1.82) is 0 Å². The second kappa shape index (κ2) is 9.77. The fourth-order valence-electron chi connectivity index (χ4n) is 2.31. The van der Waals surface area contributed by atoms with E-state index in [4.69, 9.17) is 0 Å². The van der Waals surface area contributed by atoms with E-state index in [0.29, 0.717) is 17.5 Å². The summed E-state index contributed by atoms with van der Waals surface area (Å²) in [6.45, 7) is 19.8. The quantitative estimate of drug-likeness (QED) is 0.602. The van der Waals surface area contributed by atoms with Crippen LogP contribution in [0.1, 0.15) is 74.1 Å². The Labute approximate surface area is 122 Å². The Bertz CT molecular complexity index is 215. The van der Waals surface area contributed by atoms with Crippen LogP contribution < -0.4 is 5.32 Å². The van der Waals surface area contributed by atoms with Gasteiger partial charge in [0.2, 0.25) is 0 Å². The van der Waals surface area contributed by atoms with Gasteiger partial charge in [-0.2, -0.15) is 0 Å². The van der Waals surface area contributed by atoms with Gasteiger partial charge in [-0.15, -0.1) is 0 Å². The Morgan fingerprint density at radius 2 is 1.74 bits per heavy atom. The maximum atomic E-state index is 3.63. The molecule has 2 heteroatoms. The molecule has 19 heavy (non-hydrogen) atoms. The van der Waals surface area contributed by atoms with Gasteiger partial charge >= 0.3 is 0 Å². The molecule has 1 N–H and O–H groups in total. The molecule has 0 fully saturated rings. The van der Waals surface area contributed by atoms with Crippen LogP contribution in [0.2, 0.25) is 0 Å². The first-order chi connectivity index (χ1) is 8.88. The van der Waals surface area contributed by atoms with Gasteiger partial charge in [0.1, 0.15) is 0 Å². The van der Waals surface area contributed by atoms with E-state index in [9.17, 15) is 0 Å². The first-order valence-electron chi connectivity index (χ1n) is 8.36. The van der Waals surface area contributed by atoms with Crippen LogP contribution in [0.3, 0.4) is 0 Å². The Hall–Kier alpha value is -0.0800. The van der Waals surface area contributed by atoms with Crippen molar-refractivity contribution in [3.05, 3.63) is 0 Å². The minimum absolute atomic E-state index is 0.390. The lowest BCUT2D eigenvalue weighted by Crippen LogP contribution is -2.46. The Balaban J connectivity index is 4.55. The lowest BCUT2D eigenvalue weighted by molar-refractivity contribution is 0.114. The van der Waals surface area contributed by atoms with E-state index in [-0.39, 0.29) is 0 Å². The van der Waals surface area contributed by atoms with E-state index in [2.05, 4.69) is 58.7 Å². The third-order valence-corrected chi connectivity index (χ3v) is 4.39. The molecule has 0 heterocycles. The smallest absolute Gasteiger partial charge is 0.00645 e. The molecule has 0 radical (unpaired) electrons. The van der Waals surface area contributed by atoms with Crippen LogP contribution >= 0.6 is 0 Å². The first kappa shape index (κ1) is 18.9. The van der Waals surface area contributed by atoms with Crippen molar-refractivity contribution in [3.63, 3.8) is 0 Å². The number of nitrogens with one attached hydrogen (secondary N) is 1. The number of nitrogens with zero attached hydrogens (tertiary/aromatic N) is 1. The maximum Gasteiger partial charge on any atom is 0.00645 e. The monoisotopic (exact) mass is 270 g/mol. The minimum Gasteiger partial charge on any atom is -0.314 e. The van der Waals surface area contributed by atoms with Crippen LogP contribution in [0.15, 0.2) is 0 Å². The van der Waals surface area contributed by atoms with Gasteiger partial charge < -0.3 is 10.2 Å². The summed E-state index contributed by atoms with van der Waals surface area (Å²) in [6, 6.07) is 1.29. The van der Waals surface area contributed by atoms with Crippen LogP contribution in [0, 0.1) is 5.41 Å². The summed E-state index contributed by atoms with van der Waals surface area (Å²) in [7, 11) is 0. The molecular weight excluding hydrogens is 232 g/mol. The molecule has 0 saturated heterocycles. The molecule has 0 aliphatic carbocycles. The van der Waals surface area contributed by atoms with Crippen molar-refractivity contribution in [2.24, 2.45) is 5.41 Å². The first-order valence-corrected chi connectivity index (χ1v) is 8.36. The number of rotatable bonds is 11. The van der Waals surface area contributed by atoms with Gasteiger partial charge in [-0.3, -0.25) is 0 Å². The lowest BCUT2D eigenvalue weighted by Gasteiger charge is -2.38. The van der Waals surface area contributed by atoms with E-state index in [1.54, 1.807) is 0 Å². The second-order valence-electron chi connectivity index (χ2n) is 6.78. The fraction of sp³-hybridized carbons (Fsp3) is 1.00. The third kappa shape index (κ3) is 7.94. The molecule has 0 aromatic carbocycles. The van der Waals surface area contributed by atoms with Crippen molar-refractivity contribution in [2.45, 2.75) is 86.2 Å². The van der Waals surface area contributed by atoms with Crippen molar-refractivity contribution in [1.82, 2.24) is 10.2 Å². The molecule has 0 rings (SSSR count). The maximum absolute atomic E-state index is 3.63. The predicted octanol–water partition coefficient (Wildman–Crippen LogP) is 4.30. The van der Waals surface area contributed by atoms with Gasteiger partial charge in [-0.25, -0.2) is 0 Å². The zero-order valence-corrected chi connectivity index (χ0v) is 14.6. The van der Waals surface area contributed by atoms with Crippen molar-refractivity contribution >= 4 is 0 Å². The van der Waals surface area contributed by atoms with E-state index >= 15 is 0 Å². The summed E-state index contributed by atoms with van der Waals surface area (Å²) >= 11 is 0. The van der Waals surface area contributed by atoms with Gasteiger partial charge in [0.05, 0.1) is 0 Å². The highest BCUT2D eigenvalue weighted by atomic mass is 15.2. The van der Waals surface area contributed by atoms with E-state index < -0.39 is 0 Å². The minimum atomic E-state index is 0.390. The molecule has 116 valence electrons. The van der Waals surface area contributed by atoms with Crippen LogP contribution in [-0.2, 0) is 0 Å². The summed E-state index contributed by atoms with van der Waals surface area (Å²) in [5.74, 6) is 0. The largest absolute Gasteiger partial charge is 0.314 e. The van der Waals surface area contributed by atoms with Gasteiger partial charge in [0.25, 0.3) is 0 Å². The average Bonchev–Trinajstić information content (AvgIpc) is 2.40. The number of hydrogen-bond acceptors (Lipinski definition) is 2. The standard InChI is InChI=1S/C17H38N2/c1-8-11-12-19(16(6)9-2)14-17(7,10-3)13-18-15(4)5/h15-16,18H,8-14H2,1-7H3. The second-order valence-corrected chi connectivity index (χ2v) is 6.78. The summed E-state index contributed by atoms with van der Waals surface area (Å²) in [5, 5.41) is 3.63. The normalized spacial score (nSPS) is 16.9. The van der Waals surface area contributed by atoms with E-state index in [0.717, 1.165) is 6.54 Å². The molecule has 0 spiro atoms. The molecule has 0 aromatic heterocycles. The van der Waals surface area contributed by atoms with Gasteiger partial charge in [0, 0.05) is 25.2 Å². The SMILES string of the molecule is CCCCN(CC(C)(CC)CNC(C)C)C(C)CC. The third-order valence-electron chi connectivity index (χ3n) is 4.39. The number of unbranched alkanes of at least 4 members (excludes halogenated alkanes) is 1. The zero-order valence-electron chi connectivity index (χ0n) is 14.6. The summed E-state index contributed by atoms with van der Waals surface area (Å²) in [4.78, 5) is 2.70. The predicted molar refractivity (Wildman–Crippen MR) is 87.8 cm³/mol. The lowest BCUT2D eigenvalue weighted by atomic mass is 9.86. The van der Waals surface area contributed by atoms with Crippen molar-refractivity contribution in [2.75, 3.05) is 19.6 Å². The molecule has 0 aliphatic rings. The molecule has 0 saturated carbocycles. The van der Waals surface area contributed by atoms with Gasteiger partial charge in [-0.05, 0) is 38.1 Å². The molecule has 2 atom stereocenters. The average molecular weight is 271 g/mol. The highest BCUT2D eigenvalue weighted by Gasteiger charge is 2.26. The molecule has 0 amide bonds. The molecule has 2 nitrogen and oxygen atoms in total. The van der Waals surface area contributed by atoms with Crippen LogP contribution in [0.5, 0.6) is 0 Å². The Morgan fingerprint density at radius 1 is 1.11 bits per heavy atom. The Kier molecular flexibility index (Phi) is 9.72. The summed E-state index contributed by atoms with van der Waals surface area (Å²) in [5.41, 5.74) is 0.390. The fourth-order valence-corrected chi connectivity index (χ4v) is 2.31. The van der Waals surface area contributed by atoms with Crippen molar-refractivity contribution < 1.29 is 0 Å². The summed E-state index contributed by atoms with van der Waals surface area (Å²) < 4.78 is 0. The number of hydrogen-bond donors (Lipinski definition) is 1.